The molecular formula is C20H20N4O2S. The van der Waals surface area contributed by atoms with Crippen molar-refractivity contribution in [1.82, 2.24) is 9.55 Å². The summed E-state index contributed by atoms with van der Waals surface area (Å²) in [7, 11) is 1.94. The van der Waals surface area contributed by atoms with E-state index < -0.39 is 0 Å². The second-order valence-electron chi connectivity index (χ2n) is 5.95. The summed E-state index contributed by atoms with van der Waals surface area (Å²) in [6.45, 7) is 1.44. The fraction of sp³-hybridized carbons (Fsp3) is 0.150. The molecule has 3 aromatic rings. The maximum Gasteiger partial charge on any atom is 0.234 e. The Bertz CT molecular complexity index is 954. The molecule has 0 aliphatic rings. The van der Waals surface area contributed by atoms with E-state index in [2.05, 4.69) is 15.6 Å². The first-order valence-corrected chi connectivity index (χ1v) is 9.39. The SMILES string of the molecule is CC(=O)Nc1cccc(NC(=O)CSc2ncc(-c3ccccc3)n2C)c1. The van der Waals surface area contributed by atoms with Crippen LogP contribution in [0.1, 0.15) is 6.92 Å². The highest BCUT2D eigenvalue weighted by molar-refractivity contribution is 7.99. The average molecular weight is 380 g/mol. The summed E-state index contributed by atoms with van der Waals surface area (Å²) >= 11 is 1.37. The molecule has 3 rings (SSSR count). The van der Waals surface area contributed by atoms with Gasteiger partial charge in [-0.15, -0.1) is 0 Å². The van der Waals surface area contributed by atoms with Gasteiger partial charge in [-0.2, -0.15) is 0 Å². The fourth-order valence-corrected chi connectivity index (χ4v) is 3.36. The lowest BCUT2D eigenvalue weighted by molar-refractivity contribution is -0.114. The van der Waals surface area contributed by atoms with Crippen molar-refractivity contribution in [2.45, 2.75) is 12.1 Å². The zero-order valence-electron chi connectivity index (χ0n) is 15.1. The van der Waals surface area contributed by atoms with Gasteiger partial charge in [0.1, 0.15) is 0 Å². The third-order valence-corrected chi connectivity index (χ3v) is 4.86. The molecule has 0 saturated carbocycles. The number of anilines is 2. The van der Waals surface area contributed by atoms with Crippen molar-refractivity contribution in [3.8, 4) is 11.3 Å². The number of amides is 2. The number of imidazole rings is 1. The van der Waals surface area contributed by atoms with Crippen molar-refractivity contribution < 1.29 is 9.59 Å². The van der Waals surface area contributed by atoms with Crippen LogP contribution in [0.25, 0.3) is 11.3 Å². The number of hydrogen-bond acceptors (Lipinski definition) is 4. The van der Waals surface area contributed by atoms with E-state index in [1.165, 1.54) is 18.7 Å². The van der Waals surface area contributed by atoms with Gasteiger partial charge < -0.3 is 15.2 Å². The Morgan fingerprint density at radius 1 is 1.04 bits per heavy atom. The molecule has 2 aromatic carbocycles. The number of hydrogen-bond donors (Lipinski definition) is 2. The molecule has 0 unspecified atom stereocenters. The number of nitrogens with one attached hydrogen (secondary N) is 2. The van der Waals surface area contributed by atoms with Crippen molar-refractivity contribution in [2.24, 2.45) is 7.05 Å². The number of rotatable bonds is 6. The lowest BCUT2D eigenvalue weighted by Crippen LogP contribution is -2.15. The molecule has 138 valence electrons. The molecule has 0 aliphatic carbocycles. The van der Waals surface area contributed by atoms with Crippen LogP contribution in [-0.2, 0) is 16.6 Å². The third-order valence-electron chi connectivity index (χ3n) is 3.81. The predicted octanol–water partition coefficient (Wildman–Crippen LogP) is 3.78. The summed E-state index contributed by atoms with van der Waals surface area (Å²) in [5, 5.41) is 6.30. The van der Waals surface area contributed by atoms with E-state index in [1.807, 2.05) is 48.1 Å². The van der Waals surface area contributed by atoms with E-state index in [9.17, 15) is 9.59 Å². The molecule has 2 N–H and O–H groups in total. The Labute approximate surface area is 162 Å². The van der Waals surface area contributed by atoms with Crippen molar-refractivity contribution in [3.63, 3.8) is 0 Å². The van der Waals surface area contributed by atoms with Crippen LogP contribution in [0.4, 0.5) is 11.4 Å². The second-order valence-corrected chi connectivity index (χ2v) is 6.89. The minimum Gasteiger partial charge on any atom is -0.326 e. The molecule has 0 aliphatic heterocycles. The van der Waals surface area contributed by atoms with Crippen LogP contribution < -0.4 is 10.6 Å². The first-order valence-electron chi connectivity index (χ1n) is 8.40. The van der Waals surface area contributed by atoms with Gasteiger partial charge in [-0.05, 0) is 23.8 Å². The van der Waals surface area contributed by atoms with Crippen LogP contribution >= 0.6 is 11.8 Å². The van der Waals surface area contributed by atoms with Gasteiger partial charge in [0.2, 0.25) is 11.8 Å². The Morgan fingerprint density at radius 3 is 2.44 bits per heavy atom. The number of carbonyl (C=O) groups is 2. The largest absolute Gasteiger partial charge is 0.326 e. The van der Waals surface area contributed by atoms with Crippen LogP contribution in [0, 0.1) is 0 Å². The molecular weight excluding hydrogens is 360 g/mol. The summed E-state index contributed by atoms with van der Waals surface area (Å²) in [5.74, 6) is -0.0500. The topological polar surface area (TPSA) is 76.0 Å². The first kappa shape index (κ1) is 18.7. The van der Waals surface area contributed by atoms with Crippen molar-refractivity contribution >= 4 is 35.0 Å². The molecule has 0 radical (unpaired) electrons. The Balaban J connectivity index is 1.60. The van der Waals surface area contributed by atoms with Gasteiger partial charge in [-0.3, -0.25) is 9.59 Å². The van der Waals surface area contributed by atoms with Gasteiger partial charge in [0.15, 0.2) is 5.16 Å². The van der Waals surface area contributed by atoms with Gasteiger partial charge in [-0.1, -0.05) is 48.2 Å². The van der Waals surface area contributed by atoms with Gasteiger partial charge in [0, 0.05) is 25.3 Å². The minimum atomic E-state index is -0.155. The Morgan fingerprint density at radius 2 is 1.74 bits per heavy atom. The number of benzene rings is 2. The third kappa shape index (κ3) is 4.98. The van der Waals surface area contributed by atoms with E-state index in [4.69, 9.17) is 0 Å². The molecule has 0 fully saturated rings. The van der Waals surface area contributed by atoms with Gasteiger partial charge in [0.05, 0.1) is 17.6 Å². The Hall–Kier alpha value is -3.06. The predicted molar refractivity (Wildman–Crippen MR) is 109 cm³/mol. The van der Waals surface area contributed by atoms with E-state index >= 15 is 0 Å². The molecule has 1 heterocycles. The highest BCUT2D eigenvalue weighted by Crippen LogP contribution is 2.25. The van der Waals surface area contributed by atoms with Gasteiger partial charge in [-0.25, -0.2) is 4.98 Å². The Kier molecular flexibility index (Phi) is 5.93. The molecule has 0 atom stereocenters. The molecule has 2 amide bonds. The minimum absolute atomic E-state index is 0.135. The second kappa shape index (κ2) is 8.55. The maximum absolute atomic E-state index is 12.3. The lowest BCUT2D eigenvalue weighted by atomic mass is 10.2. The van der Waals surface area contributed by atoms with Crippen molar-refractivity contribution in [3.05, 3.63) is 60.8 Å². The molecule has 0 spiro atoms. The standard InChI is InChI=1S/C20H20N4O2S/c1-14(25)22-16-9-6-10-17(11-16)23-19(26)13-27-20-21-12-18(24(20)2)15-7-4-3-5-8-15/h3-12H,13H2,1-2H3,(H,22,25)(H,23,26). The monoisotopic (exact) mass is 380 g/mol. The van der Waals surface area contributed by atoms with Crippen LogP contribution in [0.15, 0.2) is 66.0 Å². The quantitative estimate of drug-likeness (QED) is 0.638. The van der Waals surface area contributed by atoms with E-state index in [0.29, 0.717) is 11.4 Å². The van der Waals surface area contributed by atoms with E-state index in [-0.39, 0.29) is 17.6 Å². The van der Waals surface area contributed by atoms with Crippen LogP contribution in [-0.4, -0.2) is 27.1 Å². The van der Waals surface area contributed by atoms with Crippen LogP contribution in [0.2, 0.25) is 0 Å². The normalized spacial score (nSPS) is 10.4. The van der Waals surface area contributed by atoms with Gasteiger partial charge in [0.25, 0.3) is 0 Å². The first-order chi connectivity index (χ1) is 13.0. The molecule has 6 nitrogen and oxygen atoms in total. The highest BCUT2D eigenvalue weighted by Gasteiger charge is 2.11. The zero-order valence-corrected chi connectivity index (χ0v) is 15.9. The zero-order chi connectivity index (χ0) is 19.2. The van der Waals surface area contributed by atoms with E-state index in [1.54, 1.807) is 24.3 Å². The maximum atomic E-state index is 12.3. The molecule has 27 heavy (non-hydrogen) atoms. The summed E-state index contributed by atoms with van der Waals surface area (Å²) in [6, 6.07) is 17.0. The summed E-state index contributed by atoms with van der Waals surface area (Å²) in [6.07, 6.45) is 1.81. The number of thioether (sulfide) groups is 1. The average Bonchev–Trinajstić information content (AvgIpc) is 3.01. The summed E-state index contributed by atoms with van der Waals surface area (Å²) in [5.41, 5.74) is 3.36. The molecule has 0 saturated heterocycles. The van der Waals surface area contributed by atoms with Crippen molar-refractivity contribution in [2.75, 3.05) is 16.4 Å². The fourth-order valence-electron chi connectivity index (χ4n) is 2.61. The number of carbonyl (C=O) groups excluding carboxylic acids is 2. The summed E-state index contributed by atoms with van der Waals surface area (Å²) < 4.78 is 1.98. The van der Waals surface area contributed by atoms with Crippen LogP contribution in [0.3, 0.4) is 0 Å². The lowest BCUT2D eigenvalue weighted by Gasteiger charge is -2.08. The van der Waals surface area contributed by atoms with E-state index in [0.717, 1.165) is 16.4 Å². The highest BCUT2D eigenvalue weighted by atomic mass is 32.2. The van der Waals surface area contributed by atoms with Crippen LogP contribution in [0.5, 0.6) is 0 Å². The molecule has 7 heteroatoms. The summed E-state index contributed by atoms with van der Waals surface area (Å²) in [4.78, 5) is 27.8. The molecule has 1 aromatic heterocycles. The number of aromatic nitrogens is 2. The smallest absolute Gasteiger partial charge is 0.234 e. The molecule has 0 bridgehead atoms. The number of nitrogens with zero attached hydrogens (tertiary/aromatic N) is 2. The van der Waals surface area contributed by atoms with Crippen molar-refractivity contribution in [1.29, 1.82) is 0 Å². The van der Waals surface area contributed by atoms with Gasteiger partial charge >= 0.3 is 0 Å².